The first-order chi connectivity index (χ1) is 12.6. The van der Waals surface area contributed by atoms with Gasteiger partial charge in [0.2, 0.25) is 0 Å². The van der Waals surface area contributed by atoms with Crippen LogP contribution < -0.4 is 9.47 Å². The molecule has 0 fully saturated rings. The van der Waals surface area contributed by atoms with E-state index in [4.69, 9.17) is 9.47 Å². The molecule has 0 heterocycles. The summed E-state index contributed by atoms with van der Waals surface area (Å²) in [6, 6.07) is 21.6. The van der Waals surface area contributed by atoms with Crippen LogP contribution in [0.1, 0.15) is 12.5 Å². The zero-order chi connectivity index (χ0) is 18.5. The van der Waals surface area contributed by atoms with Gasteiger partial charge in [-0.05, 0) is 47.5 Å². The molecule has 26 heavy (non-hydrogen) atoms. The molecule has 0 aliphatic rings. The second kappa shape index (κ2) is 7.91. The van der Waals surface area contributed by atoms with Crippen molar-refractivity contribution in [2.24, 2.45) is 0 Å². The number of benzene rings is 3. The van der Waals surface area contributed by atoms with E-state index in [0.29, 0.717) is 12.3 Å². The standard InChI is InChI=1S/C22H23NO3/c1-16(26-21-13-10-18-6-4-5-7-19(18)14-21)22(24)23(2)15-17-8-11-20(25-3)12-9-17/h4-14,16H,15H2,1-3H3/t16-/m0/s1. The van der Waals surface area contributed by atoms with Crippen LogP contribution in [0.25, 0.3) is 10.8 Å². The molecule has 0 bridgehead atoms. The maximum absolute atomic E-state index is 12.6. The SMILES string of the molecule is COc1ccc(CN(C)C(=O)[C@H](C)Oc2ccc3ccccc3c2)cc1. The quantitative estimate of drug-likeness (QED) is 0.667. The lowest BCUT2D eigenvalue weighted by Crippen LogP contribution is -2.37. The van der Waals surface area contributed by atoms with E-state index in [2.05, 4.69) is 6.07 Å². The van der Waals surface area contributed by atoms with Crippen molar-refractivity contribution in [1.82, 2.24) is 4.90 Å². The normalized spacial score (nSPS) is 11.8. The smallest absolute Gasteiger partial charge is 0.263 e. The van der Waals surface area contributed by atoms with Crippen LogP contribution in [-0.2, 0) is 11.3 Å². The van der Waals surface area contributed by atoms with Gasteiger partial charge in [-0.2, -0.15) is 0 Å². The first-order valence-corrected chi connectivity index (χ1v) is 8.60. The number of hydrogen-bond acceptors (Lipinski definition) is 3. The Morgan fingerprint density at radius 3 is 2.31 bits per heavy atom. The Hall–Kier alpha value is -3.01. The molecule has 0 aliphatic carbocycles. The maximum atomic E-state index is 12.6. The van der Waals surface area contributed by atoms with Crippen LogP contribution in [0, 0.1) is 0 Å². The molecule has 1 atom stereocenters. The molecule has 0 aliphatic heterocycles. The molecule has 134 valence electrons. The number of amides is 1. The maximum Gasteiger partial charge on any atom is 0.263 e. The molecular weight excluding hydrogens is 326 g/mol. The number of carbonyl (C=O) groups is 1. The highest BCUT2D eigenvalue weighted by atomic mass is 16.5. The number of hydrogen-bond donors (Lipinski definition) is 0. The Morgan fingerprint density at radius 2 is 1.62 bits per heavy atom. The average molecular weight is 349 g/mol. The van der Waals surface area contributed by atoms with Crippen LogP contribution in [0.2, 0.25) is 0 Å². The summed E-state index contributed by atoms with van der Waals surface area (Å²) >= 11 is 0. The number of methoxy groups -OCH3 is 1. The minimum atomic E-state index is -0.556. The molecule has 3 aromatic carbocycles. The minimum Gasteiger partial charge on any atom is -0.497 e. The van der Waals surface area contributed by atoms with E-state index in [9.17, 15) is 4.79 Å². The second-order valence-electron chi connectivity index (χ2n) is 6.31. The third-order valence-corrected chi connectivity index (χ3v) is 4.34. The van der Waals surface area contributed by atoms with E-state index >= 15 is 0 Å². The number of fused-ring (bicyclic) bond motifs is 1. The van der Waals surface area contributed by atoms with E-state index < -0.39 is 6.10 Å². The predicted octanol–water partition coefficient (Wildman–Crippen LogP) is 4.27. The van der Waals surface area contributed by atoms with Crippen LogP contribution in [0.4, 0.5) is 0 Å². The molecule has 0 radical (unpaired) electrons. The van der Waals surface area contributed by atoms with E-state index in [1.165, 1.54) is 0 Å². The molecule has 3 aromatic rings. The largest absolute Gasteiger partial charge is 0.497 e. The van der Waals surface area contributed by atoms with Gasteiger partial charge >= 0.3 is 0 Å². The minimum absolute atomic E-state index is 0.0611. The zero-order valence-corrected chi connectivity index (χ0v) is 15.3. The van der Waals surface area contributed by atoms with Crippen molar-refractivity contribution in [1.29, 1.82) is 0 Å². The molecule has 0 saturated heterocycles. The average Bonchev–Trinajstić information content (AvgIpc) is 2.67. The Balaban J connectivity index is 1.63. The zero-order valence-electron chi connectivity index (χ0n) is 15.3. The lowest BCUT2D eigenvalue weighted by molar-refractivity contribution is -0.137. The third kappa shape index (κ3) is 4.14. The highest BCUT2D eigenvalue weighted by molar-refractivity contribution is 5.84. The number of nitrogens with zero attached hydrogens (tertiary/aromatic N) is 1. The van der Waals surface area contributed by atoms with Crippen molar-refractivity contribution in [2.45, 2.75) is 19.6 Å². The molecule has 4 heteroatoms. The molecule has 0 N–H and O–H groups in total. The van der Waals surface area contributed by atoms with Crippen LogP contribution in [0.15, 0.2) is 66.7 Å². The topological polar surface area (TPSA) is 38.8 Å². The lowest BCUT2D eigenvalue weighted by atomic mass is 10.1. The fourth-order valence-corrected chi connectivity index (χ4v) is 2.89. The predicted molar refractivity (Wildman–Crippen MR) is 104 cm³/mol. The van der Waals surface area contributed by atoms with Crippen molar-refractivity contribution >= 4 is 16.7 Å². The molecule has 1 amide bonds. The number of carbonyl (C=O) groups excluding carboxylic acids is 1. The van der Waals surface area contributed by atoms with Gasteiger partial charge in [-0.25, -0.2) is 0 Å². The monoisotopic (exact) mass is 349 g/mol. The fraction of sp³-hybridized carbons (Fsp3) is 0.227. The summed E-state index contributed by atoms with van der Waals surface area (Å²) in [7, 11) is 3.42. The summed E-state index contributed by atoms with van der Waals surface area (Å²) in [5, 5.41) is 2.24. The molecular formula is C22H23NO3. The Labute approximate surface area is 154 Å². The highest BCUT2D eigenvalue weighted by Crippen LogP contribution is 2.22. The van der Waals surface area contributed by atoms with Crippen molar-refractivity contribution in [2.75, 3.05) is 14.2 Å². The van der Waals surface area contributed by atoms with Gasteiger partial charge < -0.3 is 14.4 Å². The molecule has 0 saturated carbocycles. The summed E-state index contributed by atoms with van der Waals surface area (Å²) in [4.78, 5) is 14.3. The molecule has 0 spiro atoms. The Kier molecular flexibility index (Phi) is 5.42. The van der Waals surface area contributed by atoms with Crippen LogP contribution in [0.5, 0.6) is 11.5 Å². The number of ether oxygens (including phenoxy) is 2. The van der Waals surface area contributed by atoms with Crippen molar-refractivity contribution in [3.63, 3.8) is 0 Å². The first-order valence-electron chi connectivity index (χ1n) is 8.60. The van der Waals surface area contributed by atoms with Crippen molar-refractivity contribution in [3.8, 4) is 11.5 Å². The summed E-state index contributed by atoms with van der Waals surface area (Å²) in [6.45, 7) is 2.30. The van der Waals surface area contributed by atoms with Crippen molar-refractivity contribution < 1.29 is 14.3 Å². The van der Waals surface area contributed by atoms with Crippen LogP contribution in [0.3, 0.4) is 0 Å². The summed E-state index contributed by atoms with van der Waals surface area (Å²) in [6.07, 6.45) is -0.556. The van der Waals surface area contributed by atoms with Gasteiger partial charge in [0.1, 0.15) is 11.5 Å². The molecule has 4 nitrogen and oxygen atoms in total. The molecule has 3 rings (SSSR count). The van der Waals surface area contributed by atoms with Gasteiger partial charge in [-0.3, -0.25) is 4.79 Å². The third-order valence-electron chi connectivity index (χ3n) is 4.34. The van der Waals surface area contributed by atoms with Gasteiger partial charge in [0.25, 0.3) is 5.91 Å². The van der Waals surface area contributed by atoms with Crippen LogP contribution in [-0.4, -0.2) is 31.1 Å². The Morgan fingerprint density at radius 1 is 0.962 bits per heavy atom. The summed E-state index contributed by atoms with van der Waals surface area (Å²) in [5.74, 6) is 1.44. The second-order valence-corrected chi connectivity index (χ2v) is 6.31. The van der Waals surface area contributed by atoms with E-state index in [0.717, 1.165) is 22.1 Å². The van der Waals surface area contributed by atoms with E-state index in [1.54, 1.807) is 26.0 Å². The van der Waals surface area contributed by atoms with Gasteiger partial charge in [0.05, 0.1) is 7.11 Å². The van der Waals surface area contributed by atoms with Gasteiger partial charge in [0.15, 0.2) is 6.10 Å². The van der Waals surface area contributed by atoms with E-state index in [1.807, 2.05) is 60.7 Å². The van der Waals surface area contributed by atoms with E-state index in [-0.39, 0.29) is 5.91 Å². The Bertz CT molecular complexity index is 889. The van der Waals surface area contributed by atoms with Gasteiger partial charge in [-0.1, -0.05) is 42.5 Å². The van der Waals surface area contributed by atoms with Crippen LogP contribution >= 0.6 is 0 Å². The van der Waals surface area contributed by atoms with Gasteiger partial charge in [-0.15, -0.1) is 0 Å². The first kappa shape index (κ1) is 17.8. The summed E-state index contributed by atoms with van der Waals surface area (Å²) < 4.78 is 11.0. The van der Waals surface area contributed by atoms with Gasteiger partial charge in [0, 0.05) is 13.6 Å². The summed E-state index contributed by atoms with van der Waals surface area (Å²) in [5.41, 5.74) is 1.04. The highest BCUT2D eigenvalue weighted by Gasteiger charge is 2.19. The molecule has 0 aromatic heterocycles. The molecule has 0 unspecified atom stereocenters. The number of likely N-dealkylation sites (N-methyl/N-ethyl adjacent to an activating group) is 1. The lowest BCUT2D eigenvalue weighted by Gasteiger charge is -2.22. The van der Waals surface area contributed by atoms with Crippen molar-refractivity contribution in [3.05, 3.63) is 72.3 Å². The number of rotatable bonds is 6. The fourth-order valence-electron chi connectivity index (χ4n) is 2.89.